The molecule has 0 aromatic carbocycles. The minimum Gasteiger partial charge on any atom is -0.467 e. The fourth-order valence-electron chi connectivity index (χ4n) is 3.42. The number of alkyl carbamates (subject to hydrolysis) is 1. The number of hydrogen-bond acceptors (Lipinski definition) is 7. The molecule has 0 radical (unpaired) electrons. The average Bonchev–Trinajstić information content (AvgIpc) is 3.13. The van der Waals surface area contributed by atoms with Crippen molar-refractivity contribution in [3.05, 3.63) is 17.7 Å². The molecule has 0 unspecified atom stereocenters. The van der Waals surface area contributed by atoms with Crippen LogP contribution in [0.15, 0.2) is 11.2 Å². The van der Waals surface area contributed by atoms with Gasteiger partial charge in [0.15, 0.2) is 5.96 Å². The fraction of sp³-hybridized carbons (Fsp3) is 0.682. The highest BCUT2D eigenvalue weighted by molar-refractivity contribution is 5.89. The van der Waals surface area contributed by atoms with Gasteiger partial charge in [0.2, 0.25) is 5.91 Å². The first-order valence-corrected chi connectivity index (χ1v) is 11.5. The molecule has 12 heteroatoms. The number of H-pyrrole nitrogens is 1. The van der Waals surface area contributed by atoms with Gasteiger partial charge in [0.25, 0.3) is 0 Å². The fourth-order valence-corrected chi connectivity index (χ4v) is 3.42. The highest BCUT2D eigenvalue weighted by Gasteiger charge is 2.30. The van der Waals surface area contributed by atoms with Crippen LogP contribution in [0.1, 0.15) is 70.3 Å². The Morgan fingerprint density at radius 1 is 1.24 bits per heavy atom. The van der Waals surface area contributed by atoms with Crippen LogP contribution in [0.4, 0.5) is 4.79 Å². The van der Waals surface area contributed by atoms with Gasteiger partial charge in [0.05, 0.1) is 7.11 Å². The third-order valence-electron chi connectivity index (χ3n) is 5.32. The summed E-state index contributed by atoms with van der Waals surface area (Å²) in [5.41, 5.74) is 10.6. The van der Waals surface area contributed by atoms with Crippen LogP contribution >= 0.6 is 0 Å². The number of hydrogen-bond donors (Lipinski definition) is 5. The molecule has 2 rings (SSSR count). The Labute approximate surface area is 199 Å². The van der Waals surface area contributed by atoms with Crippen molar-refractivity contribution in [3.63, 3.8) is 0 Å². The molecular formula is C22H37N7O5. The number of aromatic amines is 1. The topological polar surface area (TPSA) is 187 Å². The molecule has 1 aromatic heterocycles. The molecule has 1 heterocycles. The molecule has 12 nitrogen and oxygen atoms in total. The smallest absolute Gasteiger partial charge is 0.408 e. The van der Waals surface area contributed by atoms with Gasteiger partial charge in [-0.05, 0) is 46.5 Å². The Morgan fingerprint density at radius 2 is 1.94 bits per heavy atom. The molecular weight excluding hydrogens is 442 g/mol. The van der Waals surface area contributed by atoms with E-state index in [0.717, 1.165) is 18.7 Å². The van der Waals surface area contributed by atoms with Crippen LogP contribution in [0.3, 0.4) is 0 Å². The largest absolute Gasteiger partial charge is 0.467 e. The van der Waals surface area contributed by atoms with Crippen molar-refractivity contribution in [3.8, 4) is 0 Å². The van der Waals surface area contributed by atoms with Crippen LogP contribution in [-0.4, -0.2) is 65.2 Å². The van der Waals surface area contributed by atoms with Crippen molar-refractivity contribution in [2.45, 2.75) is 82.9 Å². The second-order valence-corrected chi connectivity index (χ2v) is 9.36. The van der Waals surface area contributed by atoms with Gasteiger partial charge >= 0.3 is 12.1 Å². The van der Waals surface area contributed by atoms with Crippen molar-refractivity contribution < 1.29 is 23.9 Å². The van der Waals surface area contributed by atoms with Crippen molar-refractivity contribution in [2.24, 2.45) is 16.5 Å². The Kier molecular flexibility index (Phi) is 9.69. The molecule has 2 atom stereocenters. The lowest BCUT2D eigenvalue weighted by Crippen LogP contribution is -2.53. The number of methoxy groups -OCH3 is 1. The second kappa shape index (κ2) is 12.2. The first-order valence-electron chi connectivity index (χ1n) is 11.5. The van der Waals surface area contributed by atoms with Crippen LogP contribution in [0.5, 0.6) is 0 Å². The van der Waals surface area contributed by atoms with Gasteiger partial charge in [-0.1, -0.05) is 6.42 Å². The lowest BCUT2D eigenvalue weighted by atomic mass is 9.85. The molecule has 2 amide bonds. The summed E-state index contributed by atoms with van der Waals surface area (Å²) in [7, 11) is 1.24. The van der Waals surface area contributed by atoms with Crippen LogP contribution in [0, 0.1) is 0 Å². The first-order chi connectivity index (χ1) is 16.0. The number of nitrogens with two attached hydrogens (primary N) is 2. The standard InChI is InChI=1S/C22H37N7O5/c1-22(2,3)34-21(32)29-16(11-14-12-26-17(27-14)13-7-5-8-13)18(30)28-15(19(31)33-4)9-6-10-25-20(23)24/h12-13,15-16H,5-11H2,1-4H3,(H,26,27)(H,28,30)(H,29,32)(H4,23,24,25)/t15-,16-/m0/s1. The molecule has 1 aromatic rings. The summed E-state index contributed by atoms with van der Waals surface area (Å²) in [5.74, 6) is 0.0606. The summed E-state index contributed by atoms with van der Waals surface area (Å²) in [4.78, 5) is 49.3. The van der Waals surface area contributed by atoms with E-state index in [0.29, 0.717) is 24.6 Å². The summed E-state index contributed by atoms with van der Waals surface area (Å²) in [6.45, 7) is 5.48. The van der Waals surface area contributed by atoms with E-state index in [1.54, 1.807) is 27.0 Å². The first kappa shape index (κ1) is 26.9. The molecule has 0 bridgehead atoms. The van der Waals surface area contributed by atoms with Crippen molar-refractivity contribution in [2.75, 3.05) is 13.7 Å². The molecule has 1 saturated carbocycles. The zero-order valence-electron chi connectivity index (χ0n) is 20.3. The van der Waals surface area contributed by atoms with E-state index in [1.165, 1.54) is 13.5 Å². The van der Waals surface area contributed by atoms with E-state index in [4.69, 9.17) is 20.9 Å². The molecule has 0 spiro atoms. The number of carbonyl (C=O) groups excluding carboxylic acids is 3. The van der Waals surface area contributed by atoms with E-state index in [9.17, 15) is 14.4 Å². The number of carbonyl (C=O) groups is 3. The van der Waals surface area contributed by atoms with Crippen LogP contribution in [-0.2, 0) is 25.5 Å². The van der Waals surface area contributed by atoms with E-state index < -0.39 is 35.7 Å². The van der Waals surface area contributed by atoms with Gasteiger partial charge in [0, 0.05) is 30.8 Å². The monoisotopic (exact) mass is 479 g/mol. The number of guanidine groups is 1. The summed E-state index contributed by atoms with van der Waals surface area (Å²) in [5, 5.41) is 5.27. The summed E-state index contributed by atoms with van der Waals surface area (Å²) >= 11 is 0. The number of nitrogens with zero attached hydrogens (tertiary/aromatic N) is 2. The number of aliphatic imine (C=N–C) groups is 1. The quantitative estimate of drug-likeness (QED) is 0.133. The maximum atomic E-state index is 13.1. The minimum atomic E-state index is -1.01. The molecule has 7 N–H and O–H groups in total. The number of nitrogens with one attached hydrogen (secondary N) is 3. The molecule has 1 fully saturated rings. The lowest BCUT2D eigenvalue weighted by molar-refractivity contribution is -0.145. The van der Waals surface area contributed by atoms with E-state index in [2.05, 4.69) is 25.6 Å². The highest BCUT2D eigenvalue weighted by Crippen LogP contribution is 2.34. The van der Waals surface area contributed by atoms with E-state index in [-0.39, 0.29) is 18.8 Å². The Balaban J connectivity index is 2.11. The zero-order valence-corrected chi connectivity index (χ0v) is 20.3. The molecule has 190 valence electrons. The molecule has 0 aliphatic heterocycles. The van der Waals surface area contributed by atoms with Crippen LogP contribution in [0.2, 0.25) is 0 Å². The van der Waals surface area contributed by atoms with Crippen molar-refractivity contribution in [1.82, 2.24) is 20.6 Å². The predicted octanol–water partition coefficient (Wildman–Crippen LogP) is 0.824. The lowest BCUT2D eigenvalue weighted by Gasteiger charge is -2.25. The maximum Gasteiger partial charge on any atom is 0.408 e. The number of amides is 2. The summed E-state index contributed by atoms with van der Waals surface area (Å²) < 4.78 is 10.1. The number of esters is 1. The number of imidazole rings is 1. The highest BCUT2D eigenvalue weighted by atomic mass is 16.6. The van der Waals surface area contributed by atoms with Gasteiger partial charge in [-0.3, -0.25) is 9.79 Å². The second-order valence-electron chi connectivity index (χ2n) is 9.36. The Bertz CT molecular complexity index is 869. The van der Waals surface area contributed by atoms with Gasteiger partial charge in [-0.2, -0.15) is 0 Å². The average molecular weight is 480 g/mol. The van der Waals surface area contributed by atoms with Crippen molar-refractivity contribution in [1.29, 1.82) is 0 Å². The van der Waals surface area contributed by atoms with Gasteiger partial charge in [-0.25, -0.2) is 14.6 Å². The van der Waals surface area contributed by atoms with Crippen LogP contribution < -0.4 is 22.1 Å². The predicted molar refractivity (Wildman–Crippen MR) is 126 cm³/mol. The minimum absolute atomic E-state index is 0.0545. The molecule has 34 heavy (non-hydrogen) atoms. The van der Waals surface area contributed by atoms with Gasteiger partial charge in [-0.15, -0.1) is 0 Å². The molecule has 0 saturated heterocycles. The number of ether oxygens (including phenoxy) is 2. The zero-order chi connectivity index (χ0) is 25.3. The normalized spacial score (nSPS) is 15.4. The maximum absolute atomic E-state index is 13.1. The number of rotatable bonds is 11. The Morgan fingerprint density at radius 3 is 2.50 bits per heavy atom. The Hall–Kier alpha value is -3.31. The molecule has 1 aliphatic rings. The summed E-state index contributed by atoms with van der Waals surface area (Å²) in [6.07, 6.45) is 5.08. The van der Waals surface area contributed by atoms with Gasteiger partial charge in [0.1, 0.15) is 23.5 Å². The number of aromatic nitrogens is 2. The third-order valence-corrected chi connectivity index (χ3v) is 5.32. The SMILES string of the molecule is COC(=O)[C@H](CCCN=C(N)N)NC(=O)[C@H](Cc1cnc(C2CCC2)[nH]1)NC(=O)OC(C)(C)C. The van der Waals surface area contributed by atoms with E-state index >= 15 is 0 Å². The van der Waals surface area contributed by atoms with Crippen molar-refractivity contribution >= 4 is 23.9 Å². The summed E-state index contributed by atoms with van der Waals surface area (Å²) in [6, 6.07) is -1.93. The van der Waals surface area contributed by atoms with Crippen LogP contribution in [0.25, 0.3) is 0 Å². The third kappa shape index (κ3) is 8.91. The van der Waals surface area contributed by atoms with E-state index in [1.807, 2.05) is 0 Å². The molecule has 1 aliphatic carbocycles. The van der Waals surface area contributed by atoms with Gasteiger partial charge < -0.3 is 36.6 Å².